The van der Waals surface area contributed by atoms with Gasteiger partial charge in [0.1, 0.15) is 0 Å². The molecule has 3 aromatic heterocycles. The molecule has 0 saturated carbocycles. The van der Waals surface area contributed by atoms with Crippen LogP contribution in [-0.2, 0) is 6.54 Å². The van der Waals surface area contributed by atoms with Crippen molar-refractivity contribution in [2.75, 3.05) is 6.54 Å². The fraction of sp³-hybridized carbons (Fsp3) is 0.353. The predicted octanol–water partition coefficient (Wildman–Crippen LogP) is 3.84. The van der Waals surface area contributed by atoms with Crippen LogP contribution in [0, 0.1) is 6.92 Å². The molecule has 118 valence electrons. The van der Waals surface area contributed by atoms with Crippen molar-refractivity contribution in [3.63, 3.8) is 0 Å². The number of thiophene rings is 1. The van der Waals surface area contributed by atoms with Crippen LogP contribution in [0.25, 0.3) is 10.8 Å². The topological polar surface area (TPSA) is 55.1 Å². The number of hydrogen-bond donors (Lipinski definition) is 0. The van der Waals surface area contributed by atoms with Crippen LogP contribution in [0.3, 0.4) is 0 Å². The summed E-state index contributed by atoms with van der Waals surface area (Å²) in [7, 11) is 0. The summed E-state index contributed by atoms with van der Waals surface area (Å²) in [4.78, 5) is 8.78. The summed E-state index contributed by atoms with van der Waals surface area (Å²) in [6.07, 6.45) is 5.90. The molecule has 23 heavy (non-hydrogen) atoms. The minimum Gasteiger partial charge on any atom is -0.418 e. The van der Waals surface area contributed by atoms with Gasteiger partial charge < -0.3 is 4.42 Å². The third kappa shape index (κ3) is 3.04. The average Bonchev–Trinajstić information content (AvgIpc) is 3.28. The Hall–Kier alpha value is -2.05. The molecule has 1 atom stereocenters. The van der Waals surface area contributed by atoms with Gasteiger partial charge in [-0.3, -0.25) is 9.88 Å². The van der Waals surface area contributed by atoms with Gasteiger partial charge in [0.2, 0.25) is 5.89 Å². The zero-order chi connectivity index (χ0) is 15.6. The number of pyridine rings is 1. The molecule has 1 aliphatic rings. The molecule has 0 aromatic carbocycles. The fourth-order valence-electron chi connectivity index (χ4n) is 3.04. The van der Waals surface area contributed by atoms with E-state index in [0.717, 1.165) is 36.7 Å². The van der Waals surface area contributed by atoms with Crippen LogP contribution in [0.15, 0.2) is 41.1 Å². The Morgan fingerprint density at radius 1 is 1.22 bits per heavy atom. The zero-order valence-corrected chi connectivity index (χ0v) is 13.8. The van der Waals surface area contributed by atoms with Crippen LogP contribution >= 0.6 is 11.3 Å². The van der Waals surface area contributed by atoms with E-state index in [2.05, 4.69) is 45.2 Å². The molecule has 0 bridgehead atoms. The molecule has 0 spiro atoms. The van der Waals surface area contributed by atoms with E-state index in [9.17, 15) is 0 Å². The van der Waals surface area contributed by atoms with Gasteiger partial charge in [-0.25, -0.2) is 0 Å². The largest absolute Gasteiger partial charge is 0.418 e. The first kappa shape index (κ1) is 14.5. The maximum atomic E-state index is 5.97. The van der Waals surface area contributed by atoms with Crippen molar-refractivity contribution in [1.29, 1.82) is 0 Å². The first-order chi connectivity index (χ1) is 11.3. The van der Waals surface area contributed by atoms with Crippen LogP contribution in [0.5, 0.6) is 0 Å². The maximum absolute atomic E-state index is 5.97. The summed E-state index contributed by atoms with van der Waals surface area (Å²) >= 11 is 1.68. The van der Waals surface area contributed by atoms with E-state index in [1.165, 1.54) is 10.4 Å². The van der Waals surface area contributed by atoms with Crippen LogP contribution in [0.1, 0.15) is 35.2 Å². The van der Waals surface area contributed by atoms with Crippen LogP contribution in [0.4, 0.5) is 0 Å². The summed E-state index contributed by atoms with van der Waals surface area (Å²) in [5, 5.41) is 8.55. The van der Waals surface area contributed by atoms with E-state index in [1.54, 1.807) is 11.3 Å². The second kappa shape index (κ2) is 6.22. The third-order valence-electron chi connectivity index (χ3n) is 4.18. The summed E-state index contributed by atoms with van der Waals surface area (Å²) in [6, 6.07) is 8.45. The normalized spacial score (nSPS) is 18.6. The van der Waals surface area contributed by atoms with Gasteiger partial charge in [-0.05, 0) is 56.1 Å². The maximum Gasteiger partial charge on any atom is 0.257 e. The van der Waals surface area contributed by atoms with Crippen molar-refractivity contribution < 1.29 is 4.42 Å². The number of hydrogen-bond acceptors (Lipinski definition) is 6. The minimum atomic E-state index is 0.213. The second-order valence-electron chi connectivity index (χ2n) is 5.84. The molecular formula is C17H18N4OS. The van der Waals surface area contributed by atoms with Crippen molar-refractivity contribution in [1.82, 2.24) is 20.1 Å². The molecule has 5 nitrogen and oxygen atoms in total. The SMILES string of the molecule is Cc1ccc(-c2nnc([C@@H]3CCCN3Cc3ccncc3)o2)s1. The van der Waals surface area contributed by atoms with Gasteiger partial charge >= 0.3 is 0 Å². The lowest BCUT2D eigenvalue weighted by atomic mass is 10.2. The minimum absolute atomic E-state index is 0.213. The van der Waals surface area contributed by atoms with Gasteiger partial charge in [-0.1, -0.05) is 0 Å². The molecule has 3 aromatic rings. The molecule has 4 rings (SSSR count). The molecule has 4 heterocycles. The van der Waals surface area contributed by atoms with E-state index >= 15 is 0 Å². The lowest BCUT2D eigenvalue weighted by Gasteiger charge is -2.21. The molecule has 0 unspecified atom stereocenters. The van der Waals surface area contributed by atoms with E-state index in [0.29, 0.717) is 5.89 Å². The molecular weight excluding hydrogens is 308 g/mol. The van der Waals surface area contributed by atoms with Crippen LogP contribution < -0.4 is 0 Å². The van der Waals surface area contributed by atoms with Crippen LogP contribution in [0.2, 0.25) is 0 Å². The third-order valence-corrected chi connectivity index (χ3v) is 5.16. The number of aryl methyl sites for hydroxylation is 1. The van der Waals surface area contributed by atoms with Crippen LogP contribution in [-0.4, -0.2) is 26.6 Å². The first-order valence-electron chi connectivity index (χ1n) is 7.83. The van der Waals surface area contributed by atoms with Gasteiger partial charge in [0.05, 0.1) is 10.9 Å². The Bertz CT molecular complexity index is 783. The highest BCUT2D eigenvalue weighted by Gasteiger charge is 2.30. The molecule has 0 N–H and O–H groups in total. The zero-order valence-electron chi connectivity index (χ0n) is 13.0. The van der Waals surface area contributed by atoms with E-state index in [4.69, 9.17) is 4.42 Å². The highest BCUT2D eigenvalue weighted by molar-refractivity contribution is 7.15. The highest BCUT2D eigenvalue weighted by atomic mass is 32.1. The molecule has 0 aliphatic carbocycles. The highest BCUT2D eigenvalue weighted by Crippen LogP contribution is 2.34. The molecule has 1 saturated heterocycles. The summed E-state index contributed by atoms with van der Waals surface area (Å²) < 4.78 is 5.97. The van der Waals surface area contributed by atoms with Gasteiger partial charge in [0, 0.05) is 23.8 Å². The lowest BCUT2D eigenvalue weighted by molar-refractivity contribution is 0.215. The summed E-state index contributed by atoms with van der Waals surface area (Å²) in [5.41, 5.74) is 1.26. The van der Waals surface area contributed by atoms with E-state index in [1.807, 2.05) is 18.5 Å². The monoisotopic (exact) mass is 326 g/mol. The Morgan fingerprint density at radius 3 is 2.87 bits per heavy atom. The number of likely N-dealkylation sites (tertiary alicyclic amines) is 1. The Morgan fingerprint density at radius 2 is 2.09 bits per heavy atom. The predicted molar refractivity (Wildman–Crippen MR) is 89.0 cm³/mol. The van der Waals surface area contributed by atoms with Gasteiger partial charge in [-0.15, -0.1) is 21.5 Å². The smallest absolute Gasteiger partial charge is 0.257 e. The van der Waals surface area contributed by atoms with Crippen molar-refractivity contribution in [2.24, 2.45) is 0 Å². The Kier molecular flexibility index (Phi) is 3.93. The van der Waals surface area contributed by atoms with Crippen molar-refractivity contribution in [3.8, 4) is 10.8 Å². The molecule has 1 fully saturated rings. The molecule has 6 heteroatoms. The standard InChI is InChI=1S/C17H18N4OS/c1-12-4-5-15(23-12)17-20-19-16(22-17)14-3-2-10-21(14)11-13-6-8-18-9-7-13/h4-9,14H,2-3,10-11H2,1H3/t14-/m0/s1. The Labute approximate surface area is 139 Å². The van der Waals surface area contributed by atoms with E-state index < -0.39 is 0 Å². The van der Waals surface area contributed by atoms with Crippen molar-refractivity contribution in [2.45, 2.75) is 32.4 Å². The molecule has 0 radical (unpaired) electrons. The second-order valence-corrected chi connectivity index (χ2v) is 7.13. The molecule has 1 aliphatic heterocycles. The average molecular weight is 326 g/mol. The lowest BCUT2D eigenvalue weighted by Crippen LogP contribution is -2.23. The summed E-state index contributed by atoms with van der Waals surface area (Å²) in [6.45, 7) is 4.03. The number of aromatic nitrogens is 3. The quantitative estimate of drug-likeness (QED) is 0.729. The Balaban J connectivity index is 1.54. The van der Waals surface area contributed by atoms with Gasteiger partial charge in [0.25, 0.3) is 5.89 Å². The number of nitrogens with zero attached hydrogens (tertiary/aromatic N) is 4. The van der Waals surface area contributed by atoms with Crippen molar-refractivity contribution >= 4 is 11.3 Å². The molecule has 0 amide bonds. The fourth-order valence-corrected chi connectivity index (χ4v) is 3.82. The van der Waals surface area contributed by atoms with Crippen molar-refractivity contribution in [3.05, 3.63) is 53.0 Å². The summed E-state index contributed by atoms with van der Waals surface area (Å²) in [5.74, 6) is 1.37. The van der Waals surface area contributed by atoms with Gasteiger partial charge in [0.15, 0.2) is 0 Å². The first-order valence-corrected chi connectivity index (χ1v) is 8.64. The van der Waals surface area contributed by atoms with E-state index in [-0.39, 0.29) is 6.04 Å². The van der Waals surface area contributed by atoms with Gasteiger partial charge in [-0.2, -0.15) is 0 Å². The number of rotatable bonds is 4.